The highest BCUT2D eigenvalue weighted by atomic mass is 32.2. The highest BCUT2D eigenvalue weighted by Crippen LogP contribution is 2.39. The van der Waals surface area contributed by atoms with E-state index in [9.17, 15) is 9.59 Å². The van der Waals surface area contributed by atoms with Crippen LogP contribution in [-0.4, -0.2) is 56.0 Å². The molecule has 0 unspecified atom stereocenters. The van der Waals surface area contributed by atoms with Crippen LogP contribution in [0.3, 0.4) is 0 Å². The molecule has 1 saturated heterocycles. The highest BCUT2D eigenvalue weighted by Gasteiger charge is 2.22. The first-order valence-corrected chi connectivity index (χ1v) is 14.0. The van der Waals surface area contributed by atoms with Crippen molar-refractivity contribution in [3.8, 4) is 0 Å². The van der Waals surface area contributed by atoms with Gasteiger partial charge in [0.25, 0.3) is 11.8 Å². The number of piperazine rings is 1. The predicted molar refractivity (Wildman–Crippen MR) is 157 cm³/mol. The SMILES string of the molecule is Cc1ccc(C)c(N2CCN(CCCNC(=O)c3ccc4c(c3)NC(=O)C(=Cc3ccccc3)S4)CC2)c1. The van der Waals surface area contributed by atoms with E-state index < -0.39 is 0 Å². The molecule has 2 amide bonds. The summed E-state index contributed by atoms with van der Waals surface area (Å²) in [6.07, 6.45) is 2.79. The third kappa shape index (κ3) is 6.29. The summed E-state index contributed by atoms with van der Waals surface area (Å²) in [4.78, 5) is 31.9. The largest absolute Gasteiger partial charge is 0.369 e. The summed E-state index contributed by atoms with van der Waals surface area (Å²) in [5.41, 5.74) is 6.19. The van der Waals surface area contributed by atoms with Crippen molar-refractivity contribution in [1.82, 2.24) is 10.2 Å². The first-order valence-electron chi connectivity index (χ1n) is 13.2. The van der Waals surface area contributed by atoms with Crippen LogP contribution in [0, 0.1) is 13.8 Å². The molecule has 0 saturated carbocycles. The van der Waals surface area contributed by atoms with Crippen LogP contribution in [0.25, 0.3) is 6.08 Å². The van der Waals surface area contributed by atoms with Crippen LogP contribution >= 0.6 is 11.8 Å². The van der Waals surface area contributed by atoms with Gasteiger partial charge in [-0.25, -0.2) is 0 Å². The number of rotatable bonds is 7. The van der Waals surface area contributed by atoms with Crippen LogP contribution in [0.2, 0.25) is 0 Å². The number of carbonyl (C=O) groups is 2. The van der Waals surface area contributed by atoms with E-state index in [-0.39, 0.29) is 11.8 Å². The van der Waals surface area contributed by atoms with Gasteiger partial charge >= 0.3 is 0 Å². The normalized spacial score (nSPS) is 16.7. The quantitative estimate of drug-likeness (QED) is 0.322. The Morgan fingerprint density at radius 1 is 1.00 bits per heavy atom. The van der Waals surface area contributed by atoms with E-state index in [1.165, 1.54) is 28.6 Å². The molecule has 0 aromatic heterocycles. The molecule has 6 nitrogen and oxygen atoms in total. The number of nitrogens with zero attached hydrogens (tertiary/aromatic N) is 2. The van der Waals surface area contributed by atoms with Crippen LogP contribution in [0.4, 0.5) is 11.4 Å². The van der Waals surface area contributed by atoms with Crippen LogP contribution in [0.1, 0.15) is 33.5 Å². The van der Waals surface area contributed by atoms with Crippen molar-refractivity contribution >= 4 is 41.0 Å². The number of anilines is 2. The molecular formula is C31H34N4O2S. The van der Waals surface area contributed by atoms with E-state index in [1.807, 2.05) is 48.5 Å². The molecule has 2 aliphatic rings. The molecule has 2 N–H and O–H groups in total. The minimum atomic E-state index is -0.151. The van der Waals surface area contributed by atoms with E-state index in [2.05, 4.69) is 52.5 Å². The maximum Gasteiger partial charge on any atom is 0.262 e. The van der Waals surface area contributed by atoms with E-state index in [0.717, 1.165) is 49.6 Å². The van der Waals surface area contributed by atoms with Crippen LogP contribution in [0.5, 0.6) is 0 Å². The lowest BCUT2D eigenvalue weighted by atomic mass is 10.1. The Morgan fingerprint density at radius 3 is 2.58 bits per heavy atom. The summed E-state index contributed by atoms with van der Waals surface area (Å²) < 4.78 is 0. The molecule has 196 valence electrons. The average molecular weight is 527 g/mol. The van der Waals surface area contributed by atoms with Crippen molar-refractivity contribution in [1.29, 1.82) is 0 Å². The number of thioether (sulfide) groups is 1. The second kappa shape index (κ2) is 11.9. The molecule has 0 radical (unpaired) electrons. The summed E-state index contributed by atoms with van der Waals surface area (Å²) >= 11 is 1.43. The van der Waals surface area contributed by atoms with Crippen LogP contribution < -0.4 is 15.5 Å². The molecule has 0 spiro atoms. The Morgan fingerprint density at radius 2 is 1.79 bits per heavy atom. The van der Waals surface area contributed by atoms with E-state index >= 15 is 0 Å². The van der Waals surface area contributed by atoms with Crippen molar-refractivity contribution in [3.05, 3.63) is 93.9 Å². The first kappa shape index (κ1) is 26.1. The average Bonchev–Trinajstić information content (AvgIpc) is 2.93. The number of carbonyl (C=O) groups excluding carboxylic acids is 2. The lowest BCUT2D eigenvalue weighted by Gasteiger charge is -2.37. The topological polar surface area (TPSA) is 64.7 Å². The van der Waals surface area contributed by atoms with Crippen LogP contribution in [0.15, 0.2) is 76.5 Å². The predicted octanol–water partition coefficient (Wildman–Crippen LogP) is 5.33. The Labute approximate surface area is 229 Å². The molecule has 38 heavy (non-hydrogen) atoms. The number of nitrogens with one attached hydrogen (secondary N) is 2. The van der Waals surface area contributed by atoms with Gasteiger partial charge in [0.05, 0.1) is 10.6 Å². The maximum absolute atomic E-state index is 12.8. The molecular weight excluding hydrogens is 492 g/mol. The summed E-state index contributed by atoms with van der Waals surface area (Å²) in [5.74, 6) is -0.265. The highest BCUT2D eigenvalue weighted by molar-refractivity contribution is 8.04. The zero-order valence-corrected chi connectivity index (χ0v) is 22.8. The van der Waals surface area contributed by atoms with E-state index in [4.69, 9.17) is 0 Å². The molecule has 5 rings (SSSR count). The standard InChI is InChI=1S/C31H34N4O2S/c1-22-9-10-23(2)27(19-22)35-17-15-34(16-18-35)14-6-13-32-30(36)25-11-12-28-26(21-25)33-31(37)29(38-28)20-24-7-4-3-5-8-24/h3-5,7-12,19-21H,6,13-18H2,1-2H3,(H,32,36)(H,33,37). The van der Waals surface area contributed by atoms with Gasteiger partial charge in [-0.15, -0.1) is 0 Å². The van der Waals surface area contributed by atoms with E-state index in [1.54, 1.807) is 6.07 Å². The van der Waals surface area contributed by atoms with Crippen LogP contribution in [-0.2, 0) is 4.79 Å². The van der Waals surface area contributed by atoms with Crippen molar-refractivity contribution in [2.75, 3.05) is 49.5 Å². The Bertz CT molecular complexity index is 1350. The Kier molecular flexibility index (Phi) is 8.15. The molecule has 3 aromatic rings. The minimum absolute atomic E-state index is 0.114. The zero-order valence-electron chi connectivity index (χ0n) is 22.0. The molecule has 0 aliphatic carbocycles. The lowest BCUT2D eigenvalue weighted by Crippen LogP contribution is -2.47. The molecule has 1 fully saturated rings. The first-order chi connectivity index (χ1) is 18.5. The summed E-state index contributed by atoms with van der Waals surface area (Å²) in [6, 6.07) is 21.9. The fraction of sp³-hybridized carbons (Fsp3) is 0.290. The van der Waals surface area contributed by atoms with Gasteiger partial charge in [-0.05, 0) is 73.8 Å². The molecule has 2 heterocycles. The van der Waals surface area contributed by atoms with Crippen molar-refractivity contribution in [2.45, 2.75) is 25.2 Å². The number of aryl methyl sites for hydroxylation is 2. The summed E-state index contributed by atoms with van der Waals surface area (Å²) in [5, 5.41) is 5.98. The fourth-order valence-electron chi connectivity index (χ4n) is 4.88. The third-order valence-electron chi connectivity index (χ3n) is 7.05. The van der Waals surface area contributed by atoms with Gasteiger partial charge in [-0.3, -0.25) is 14.5 Å². The third-order valence-corrected chi connectivity index (χ3v) is 8.14. The Hall–Kier alpha value is -3.55. The van der Waals surface area contributed by atoms with Gasteiger partial charge in [0.15, 0.2) is 0 Å². The number of hydrogen-bond donors (Lipinski definition) is 2. The maximum atomic E-state index is 12.8. The number of hydrogen-bond acceptors (Lipinski definition) is 5. The van der Waals surface area contributed by atoms with E-state index in [0.29, 0.717) is 22.7 Å². The monoisotopic (exact) mass is 526 g/mol. The molecule has 2 aliphatic heterocycles. The number of benzene rings is 3. The van der Waals surface area contributed by atoms with Crippen molar-refractivity contribution in [3.63, 3.8) is 0 Å². The molecule has 0 atom stereocenters. The Balaban J connectivity index is 1.08. The van der Waals surface area contributed by atoms with Gasteiger partial charge in [0, 0.05) is 48.9 Å². The van der Waals surface area contributed by atoms with Gasteiger partial charge in [-0.2, -0.15) is 0 Å². The number of amides is 2. The summed E-state index contributed by atoms with van der Waals surface area (Å²) in [6.45, 7) is 10.0. The zero-order chi connectivity index (χ0) is 26.5. The minimum Gasteiger partial charge on any atom is -0.369 e. The van der Waals surface area contributed by atoms with Gasteiger partial charge in [-0.1, -0.05) is 54.2 Å². The fourth-order valence-corrected chi connectivity index (χ4v) is 5.81. The second-order valence-electron chi connectivity index (χ2n) is 9.91. The second-order valence-corrected chi connectivity index (χ2v) is 11.0. The van der Waals surface area contributed by atoms with Gasteiger partial charge < -0.3 is 15.5 Å². The molecule has 3 aromatic carbocycles. The van der Waals surface area contributed by atoms with Crippen molar-refractivity contribution in [2.24, 2.45) is 0 Å². The van der Waals surface area contributed by atoms with Crippen molar-refractivity contribution < 1.29 is 9.59 Å². The van der Waals surface area contributed by atoms with Gasteiger partial charge in [0.2, 0.25) is 0 Å². The lowest BCUT2D eigenvalue weighted by molar-refractivity contribution is -0.112. The molecule has 0 bridgehead atoms. The van der Waals surface area contributed by atoms with Gasteiger partial charge in [0.1, 0.15) is 0 Å². The molecule has 7 heteroatoms. The summed E-state index contributed by atoms with van der Waals surface area (Å²) in [7, 11) is 0. The smallest absolute Gasteiger partial charge is 0.262 e. The number of fused-ring (bicyclic) bond motifs is 1.